The number of aliphatic hydroxyl groups excluding tert-OH is 1. The molecule has 7 nitrogen and oxygen atoms in total. The Bertz CT molecular complexity index is 1330. The Hall–Kier alpha value is -3.81. The number of fused-ring (bicyclic) bond motifs is 2. The fraction of sp³-hybridized carbons (Fsp3) is 0.323. The Balaban J connectivity index is 1.04. The van der Waals surface area contributed by atoms with Crippen LogP contribution < -0.4 is 4.90 Å². The van der Waals surface area contributed by atoms with Gasteiger partial charge in [0, 0.05) is 12.2 Å². The van der Waals surface area contributed by atoms with E-state index in [0.29, 0.717) is 23.6 Å². The molecule has 3 amide bonds. The normalized spacial score (nSPS) is 20.7. The summed E-state index contributed by atoms with van der Waals surface area (Å²) in [6.07, 6.45) is 1.88. The number of aliphatic hydroxyl groups is 1. The van der Waals surface area contributed by atoms with Gasteiger partial charge in [-0.1, -0.05) is 48.5 Å². The largest absolute Gasteiger partial charge is 0.390 e. The third-order valence-corrected chi connectivity index (χ3v) is 8.10. The van der Waals surface area contributed by atoms with E-state index in [1.54, 1.807) is 24.3 Å². The molecule has 1 N–H and O–H groups in total. The van der Waals surface area contributed by atoms with Gasteiger partial charge in [0.15, 0.2) is 0 Å². The average Bonchev–Trinajstić information content (AvgIpc) is 3.36. The molecule has 3 aliphatic heterocycles. The van der Waals surface area contributed by atoms with Gasteiger partial charge in [0.1, 0.15) is 0 Å². The third-order valence-electron chi connectivity index (χ3n) is 8.10. The highest BCUT2D eigenvalue weighted by atomic mass is 16.3. The monoisotopic (exact) mass is 509 g/mol. The molecule has 3 aliphatic rings. The van der Waals surface area contributed by atoms with Crippen LogP contribution in [0.25, 0.3) is 0 Å². The minimum Gasteiger partial charge on any atom is -0.390 e. The summed E-state index contributed by atoms with van der Waals surface area (Å²) < 4.78 is 0. The number of nitrogens with zero attached hydrogens (tertiary/aromatic N) is 3. The molecule has 38 heavy (non-hydrogen) atoms. The number of benzene rings is 3. The minimum atomic E-state index is -0.809. The van der Waals surface area contributed by atoms with E-state index in [1.165, 1.54) is 0 Å². The van der Waals surface area contributed by atoms with Gasteiger partial charge in [-0.05, 0) is 74.2 Å². The fourth-order valence-electron chi connectivity index (χ4n) is 6.17. The van der Waals surface area contributed by atoms with Gasteiger partial charge in [0.05, 0.1) is 35.4 Å². The Morgan fingerprint density at radius 1 is 0.763 bits per heavy atom. The number of likely N-dealkylation sites (tertiary alicyclic amines) is 1. The molecule has 2 atom stereocenters. The molecule has 1 fully saturated rings. The van der Waals surface area contributed by atoms with Crippen molar-refractivity contribution in [2.75, 3.05) is 31.1 Å². The quantitative estimate of drug-likeness (QED) is 0.483. The molecular weight excluding hydrogens is 478 g/mol. The molecular formula is C31H31N3O4. The Labute approximate surface area is 222 Å². The lowest BCUT2D eigenvalue weighted by Crippen LogP contribution is -2.45. The number of anilines is 2. The third kappa shape index (κ3) is 4.42. The molecule has 7 heteroatoms. The summed E-state index contributed by atoms with van der Waals surface area (Å²) in [5, 5.41) is 10.7. The summed E-state index contributed by atoms with van der Waals surface area (Å²) in [6.45, 7) is 2.03. The van der Waals surface area contributed by atoms with Gasteiger partial charge in [-0.25, -0.2) is 0 Å². The van der Waals surface area contributed by atoms with Gasteiger partial charge in [0.2, 0.25) is 5.91 Å². The van der Waals surface area contributed by atoms with Crippen LogP contribution in [0.5, 0.6) is 0 Å². The van der Waals surface area contributed by atoms with E-state index in [9.17, 15) is 19.5 Å². The summed E-state index contributed by atoms with van der Waals surface area (Å²) in [6, 6.07) is 24.7. The Morgan fingerprint density at radius 2 is 1.37 bits per heavy atom. The highest BCUT2D eigenvalue weighted by molar-refractivity contribution is 6.21. The van der Waals surface area contributed by atoms with Gasteiger partial charge < -0.3 is 10.0 Å². The van der Waals surface area contributed by atoms with E-state index in [2.05, 4.69) is 11.0 Å². The second-order valence-electron chi connectivity index (χ2n) is 10.5. The molecule has 0 spiro atoms. The molecule has 194 valence electrons. The van der Waals surface area contributed by atoms with E-state index < -0.39 is 6.10 Å². The van der Waals surface area contributed by atoms with Crippen LogP contribution in [-0.2, 0) is 4.79 Å². The Morgan fingerprint density at radius 3 is 2.05 bits per heavy atom. The molecule has 0 radical (unpaired) electrons. The maximum absolute atomic E-state index is 13.6. The van der Waals surface area contributed by atoms with Crippen molar-refractivity contribution in [2.45, 2.75) is 31.3 Å². The summed E-state index contributed by atoms with van der Waals surface area (Å²) in [7, 11) is 0. The fourth-order valence-corrected chi connectivity index (χ4v) is 6.17. The van der Waals surface area contributed by atoms with Crippen molar-refractivity contribution in [1.29, 1.82) is 0 Å². The van der Waals surface area contributed by atoms with E-state index in [0.717, 1.165) is 54.2 Å². The Kier molecular flexibility index (Phi) is 6.55. The molecule has 2 unspecified atom stereocenters. The topological polar surface area (TPSA) is 81.2 Å². The van der Waals surface area contributed by atoms with Crippen molar-refractivity contribution in [3.63, 3.8) is 0 Å². The van der Waals surface area contributed by atoms with Crippen LogP contribution in [-0.4, -0.2) is 64.9 Å². The van der Waals surface area contributed by atoms with Crippen LogP contribution in [0, 0.1) is 5.92 Å². The summed E-state index contributed by atoms with van der Waals surface area (Å²) in [5.74, 6) is -0.278. The van der Waals surface area contributed by atoms with Crippen LogP contribution in [0.1, 0.15) is 51.5 Å². The van der Waals surface area contributed by atoms with Crippen LogP contribution in [0.15, 0.2) is 78.9 Å². The molecule has 0 aromatic heterocycles. The van der Waals surface area contributed by atoms with Crippen LogP contribution in [0.3, 0.4) is 0 Å². The van der Waals surface area contributed by atoms with Crippen molar-refractivity contribution >= 4 is 29.1 Å². The minimum absolute atomic E-state index is 0.00500. The first kappa shape index (κ1) is 24.5. The predicted octanol–water partition coefficient (Wildman–Crippen LogP) is 4.21. The number of piperidine rings is 1. The summed E-state index contributed by atoms with van der Waals surface area (Å²) in [5.41, 5.74) is 3.77. The number of hydrogen-bond acceptors (Lipinski definition) is 5. The van der Waals surface area contributed by atoms with E-state index in [-0.39, 0.29) is 30.2 Å². The molecule has 3 heterocycles. The number of hydrogen-bond donors (Lipinski definition) is 1. The summed E-state index contributed by atoms with van der Waals surface area (Å²) >= 11 is 0. The lowest BCUT2D eigenvalue weighted by Gasteiger charge is -2.34. The second-order valence-corrected chi connectivity index (χ2v) is 10.5. The second kappa shape index (κ2) is 10.2. The number of amides is 3. The number of rotatable bonds is 7. The highest BCUT2D eigenvalue weighted by Gasteiger charge is 2.40. The van der Waals surface area contributed by atoms with Crippen LogP contribution in [0.4, 0.5) is 11.4 Å². The highest BCUT2D eigenvalue weighted by Crippen LogP contribution is 2.45. The zero-order chi connectivity index (χ0) is 26.2. The number of imide groups is 1. The predicted molar refractivity (Wildman–Crippen MR) is 144 cm³/mol. The van der Waals surface area contributed by atoms with Crippen molar-refractivity contribution in [1.82, 2.24) is 9.80 Å². The molecule has 0 saturated carbocycles. The van der Waals surface area contributed by atoms with Crippen LogP contribution >= 0.6 is 0 Å². The number of para-hydroxylation sites is 2. The first-order valence-electron chi connectivity index (χ1n) is 13.3. The lowest BCUT2D eigenvalue weighted by atomic mass is 9.84. The average molecular weight is 510 g/mol. The van der Waals surface area contributed by atoms with E-state index >= 15 is 0 Å². The van der Waals surface area contributed by atoms with Crippen molar-refractivity contribution < 1.29 is 19.5 Å². The molecule has 3 aromatic carbocycles. The molecule has 0 aliphatic carbocycles. The zero-order valence-corrected chi connectivity index (χ0v) is 21.2. The van der Waals surface area contributed by atoms with Gasteiger partial charge in [-0.2, -0.15) is 0 Å². The van der Waals surface area contributed by atoms with Gasteiger partial charge in [-0.15, -0.1) is 0 Å². The SMILES string of the molecule is O=C1c2ccccc2C(=O)N1CC(O)CN1CCC(CC2C(=O)N(c3ccccc3)c3ccccc32)CC1. The number of carbonyl (C=O) groups excluding carboxylic acids is 3. The number of β-amino-alcohol motifs (C(OH)–C–C–N with tert-alkyl or cyclic N) is 1. The molecule has 1 saturated heterocycles. The maximum atomic E-state index is 13.6. The molecule has 3 aromatic rings. The molecule has 0 bridgehead atoms. The number of carbonyl (C=O) groups is 3. The van der Waals surface area contributed by atoms with Crippen molar-refractivity contribution in [2.24, 2.45) is 5.92 Å². The molecule has 6 rings (SSSR count). The zero-order valence-electron chi connectivity index (χ0n) is 21.2. The van der Waals surface area contributed by atoms with Gasteiger partial charge >= 0.3 is 0 Å². The van der Waals surface area contributed by atoms with Crippen molar-refractivity contribution in [3.05, 3.63) is 95.6 Å². The van der Waals surface area contributed by atoms with Gasteiger partial charge in [-0.3, -0.25) is 24.2 Å². The standard InChI is InChI=1S/C31H31N3O4/c35-23(20-33-29(36)25-11-4-5-12-26(25)30(33)37)19-32-16-14-21(15-17-32)18-27-24-10-6-7-13-28(24)34(31(27)38)22-8-2-1-3-9-22/h1-13,21,23,27,35H,14-20H2. The first-order valence-corrected chi connectivity index (χ1v) is 13.3. The maximum Gasteiger partial charge on any atom is 0.261 e. The van der Waals surface area contributed by atoms with Crippen LogP contribution in [0.2, 0.25) is 0 Å². The van der Waals surface area contributed by atoms with Crippen molar-refractivity contribution in [3.8, 4) is 0 Å². The van der Waals surface area contributed by atoms with E-state index in [1.807, 2.05) is 53.4 Å². The lowest BCUT2D eigenvalue weighted by molar-refractivity contribution is -0.119. The van der Waals surface area contributed by atoms with E-state index in [4.69, 9.17) is 0 Å². The first-order chi connectivity index (χ1) is 18.5. The summed E-state index contributed by atoms with van der Waals surface area (Å²) in [4.78, 5) is 44.0. The smallest absolute Gasteiger partial charge is 0.261 e. The van der Waals surface area contributed by atoms with Gasteiger partial charge in [0.25, 0.3) is 11.8 Å².